The number of thiophene rings is 1. The van der Waals surface area contributed by atoms with Gasteiger partial charge in [0.1, 0.15) is 5.00 Å². The van der Waals surface area contributed by atoms with Crippen LogP contribution in [0.5, 0.6) is 0 Å². The van der Waals surface area contributed by atoms with Gasteiger partial charge in [0, 0.05) is 11.0 Å². The fourth-order valence-electron chi connectivity index (χ4n) is 3.83. The van der Waals surface area contributed by atoms with Crippen molar-refractivity contribution in [3.63, 3.8) is 0 Å². The van der Waals surface area contributed by atoms with Crippen LogP contribution in [0.15, 0.2) is 30.3 Å². The molecule has 4 nitrogen and oxygen atoms in total. The van der Waals surface area contributed by atoms with Crippen molar-refractivity contribution in [1.29, 1.82) is 0 Å². The normalized spacial score (nSPS) is 16.4. The SMILES string of the molecule is CCC1CCc2c(sc(NC(=O)/C=C/c3ccc(C(C)(C)C)cc3)c2C(=O)OC)C1. The lowest BCUT2D eigenvalue weighted by atomic mass is 9.86. The number of carbonyl (C=O) groups is 2. The lowest BCUT2D eigenvalue weighted by molar-refractivity contribution is -0.111. The predicted molar refractivity (Wildman–Crippen MR) is 124 cm³/mol. The molecule has 3 rings (SSSR count). The van der Waals surface area contributed by atoms with Crippen LogP contribution in [-0.4, -0.2) is 19.0 Å². The first-order valence-corrected chi connectivity index (χ1v) is 11.4. The molecule has 1 heterocycles. The molecule has 0 radical (unpaired) electrons. The Morgan fingerprint density at radius 2 is 1.93 bits per heavy atom. The van der Waals surface area contributed by atoms with Gasteiger partial charge in [-0.2, -0.15) is 0 Å². The monoisotopic (exact) mass is 425 g/mol. The number of hydrogen-bond acceptors (Lipinski definition) is 4. The van der Waals surface area contributed by atoms with E-state index < -0.39 is 0 Å². The zero-order valence-corrected chi connectivity index (χ0v) is 19.3. The van der Waals surface area contributed by atoms with Gasteiger partial charge in [-0.25, -0.2) is 4.79 Å². The van der Waals surface area contributed by atoms with Crippen molar-refractivity contribution >= 4 is 34.3 Å². The standard InChI is InChI=1S/C25H31NO3S/c1-6-16-9-13-19-20(15-16)30-23(22(19)24(28)29-5)26-21(27)14-10-17-7-11-18(12-8-17)25(2,3)4/h7-8,10-12,14,16H,6,9,13,15H2,1-5H3,(H,26,27)/b14-10+. The highest BCUT2D eigenvalue weighted by Gasteiger charge is 2.29. The Morgan fingerprint density at radius 3 is 2.53 bits per heavy atom. The van der Waals surface area contributed by atoms with Crippen LogP contribution in [0.3, 0.4) is 0 Å². The van der Waals surface area contributed by atoms with Gasteiger partial charge in [-0.1, -0.05) is 58.4 Å². The average Bonchev–Trinajstić information content (AvgIpc) is 3.08. The van der Waals surface area contributed by atoms with E-state index in [4.69, 9.17) is 4.74 Å². The van der Waals surface area contributed by atoms with Gasteiger partial charge in [0.05, 0.1) is 12.7 Å². The van der Waals surface area contributed by atoms with E-state index in [-0.39, 0.29) is 17.3 Å². The molecule has 0 fully saturated rings. The smallest absolute Gasteiger partial charge is 0.341 e. The first kappa shape index (κ1) is 22.3. The van der Waals surface area contributed by atoms with Gasteiger partial charge in [0.2, 0.25) is 5.91 Å². The third-order valence-corrected chi connectivity index (χ3v) is 6.94. The summed E-state index contributed by atoms with van der Waals surface area (Å²) in [5.74, 6) is 0.0198. The second-order valence-corrected chi connectivity index (χ2v) is 10.0. The summed E-state index contributed by atoms with van der Waals surface area (Å²) in [5.41, 5.74) is 3.89. The van der Waals surface area contributed by atoms with Crippen molar-refractivity contribution in [2.75, 3.05) is 12.4 Å². The summed E-state index contributed by atoms with van der Waals surface area (Å²) < 4.78 is 5.00. The fraction of sp³-hybridized carbons (Fsp3) is 0.440. The Bertz CT molecular complexity index is 948. The largest absolute Gasteiger partial charge is 0.465 e. The molecule has 1 aliphatic rings. The molecule has 0 saturated heterocycles. The predicted octanol–water partition coefficient (Wildman–Crippen LogP) is 6.00. The Balaban J connectivity index is 1.77. The summed E-state index contributed by atoms with van der Waals surface area (Å²) >= 11 is 1.51. The maximum atomic E-state index is 12.6. The van der Waals surface area contributed by atoms with Gasteiger partial charge in [0.15, 0.2) is 0 Å². The fourth-order valence-corrected chi connectivity index (χ4v) is 5.18. The van der Waals surface area contributed by atoms with Crippen molar-refractivity contribution in [1.82, 2.24) is 0 Å². The molecule has 0 aliphatic heterocycles. The lowest BCUT2D eigenvalue weighted by Crippen LogP contribution is -2.15. The van der Waals surface area contributed by atoms with Crippen LogP contribution in [-0.2, 0) is 27.8 Å². The van der Waals surface area contributed by atoms with Gasteiger partial charge in [-0.15, -0.1) is 11.3 Å². The Hall–Kier alpha value is -2.40. The van der Waals surface area contributed by atoms with Gasteiger partial charge < -0.3 is 10.1 Å². The second kappa shape index (κ2) is 9.17. The highest BCUT2D eigenvalue weighted by atomic mass is 32.1. The summed E-state index contributed by atoms with van der Waals surface area (Å²) in [4.78, 5) is 26.2. The van der Waals surface area contributed by atoms with Gasteiger partial charge in [-0.3, -0.25) is 4.79 Å². The van der Waals surface area contributed by atoms with E-state index >= 15 is 0 Å². The topological polar surface area (TPSA) is 55.4 Å². The average molecular weight is 426 g/mol. The number of anilines is 1. The van der Waals surface area contributed by atoms with E-state index in [0.717, 1.165) is 36.8 Å². The van der Waals surface area contributed by atoms with Gasteiger partial charge in [0.25, 0.3) is 0 Å². The van der Waals surface area contributed by atoms with Crippen LogP contribution in [0.2, 0.25) is 0 Å². The van der Waals surface area contributed by atoms with Crippen LogP contribution in [0.4, 0.5) is 5.00 Å². The number of hydrogen-bond donors (Lipinski definition) is 1. The molecule has 1 aromatic carbocycles. The minimum atomic E-state index is -0.375. The summed E-state index contributed by atoms with van der Waals surface area (Å²) in [6, 6.07) is 8.20. The summed E-state index contributed by atoms with van der Waals surface area (Å²) in [7, 11) is 1.39. The minimum Gasteiger partial charge on any atom is -0.465 e. The Morgan fingerprint density at radius 1 is 1.23 bits per heavy atom. The molecule has 1 amide bonds. The number of methoxy groups -OCH3 is 1. The summed E-state index contributed by atoms with van der Waals surface area (Å²) in [6.07, 6.45) is 7.33. The molecule has 1 aliphatic carbocycles. The van der Waals surface area contributed by atoms with Crippen LogP contribution in [0.1, 0.15) is 72.5 Å². The zero-order chi connectivity index (χ0) is 21.9. The molecule has 1 aromatic heterocycles. The van der Waals surface area contributed by atoms with Gasteiger partial charge in [-0.05, 0) is 53.4 Å². The third kappa shape index (κ3) is 5.01. The van der Waals surface area contributed by atoms with E-state index in [2.05, 4.69) is 45.1 Å². The first-order valence-electron chi connectivity index (χ1n) is 10.5. The van der Waals surface area contributed by atoms with Crippen LogP contribution >= 0.6 is 11.3 Å². The van der Waals surface area contributed by atoms with Crippen molar-refractivity contribution in [3.8, 4) is 0 Å². The molecule has 0 saturated carbocycles. The number of rotatable bonds is 5. The van der Waals surface area contributed by atoms with Crippen LogP contribution in [0, 0.1) is 5.92 Å². The van der Waals surface area contributed by atoms with E-state index in [1.54, 1.807) is 6.08 Å². The van der Waals surface area contributed by atoms with E-state index in [0.29, 0.717) is 16.5 Å². The van der Waals surface area contributed by atoms with Crippen molar-refractivity contribution in [3.05, 3.63) is 57.5 Å². The number of ether oxygens (including phenoxy) is 1. The number of amides is 1. The maximum Gasteiger partial charge on any atom is 0.341 e. The number of fused-ring (bicyclic) bond motifs is 1. The third-order valence-electron chi connectivity index (χ3n) is 5.77. The lowest BCUT2D eigenvalue weighted by Gasteiger charge is -2.20. The molecule has 160 valence electrons. The van der Waals surface area contributed by atoms with Crippen LogP contribution < -0.4 is 5.32 Å². The van der Waals surface area contributed by atoms with Crippen molar-refractivity contribution in [2.45, 2.75) is 58.8 Å². The number of esters is 1. The van der Waals surface area contributed by atoms with Crippen molar-refractivity contribution in [2.24, 2.45) is 5.92 Å². The minimum absolute atomic E-state index is 0.0962. The number of carbonyl (C=O) groups excluding carboxylic acids is 2. The van der Waals surface area contributed by atoms with E-state index in [1.807, 2.05) is 12.1 Å². The second-order valence-electron chi connectivity index (χ2n) is 8.91. The molecule has 5 heteroatoms. The Kier molecular flexibility index (Phi) is 6.81. The van der Waals surface area contributed by atoms with E-state index in [1.165, 1.54) is 35.0 Å². The molecular weight excluding hydrogens is 394 g/mol. The quantitative estimate of drug-likeness (QED) is 0.472. The summed E-state index contributed by atoms with van der Waals surface area (Å²) in [5, 5.41) is 3.51. The van der Waals surface area contributed by atoms with Crippen LogP contribution in [0.25, 0.3) is 6.08 Å². The molecular formula is C25H31NO3S. The first-order chi connectivity index (χ1) is 14.2. The van der Waals surface area contributed by atoms with E-state index in [9.17, 15) is 9.59 Å². The molecule has 30 heavy (non-hydrogen) atoms. The molecule has 1 atom stereocenters. The molecule has 1 unspecified atom stereocenters. The molecule has 1 N–H and O–H groups in total. The number of benzene rings is 1. The summed E-state index contributed by atoms with van der Waals surface area (Å²) in [6.45, 7) is 8.72. The molecule has 0 bridgehead atoms. The maximum absolute atomic E-state index is 12.6. The highest BCUT2D eigenvalue weighted by Crippen LogP contribution is 2.40. The van der Waals surface area contributed by atoms with Gasteiger partial charge >= 0.3 is 5.97 Å². The van der Waals surface area contributed by atoms with Crippen molar-refractivity contribution < 1.29 is 14.3 Å². The zero-order valence-electron chi connectivity index (χ0n) is 18.5. The highest BCUT2D eigenvalue weighted by molar-refractivity contribution is 7.17. The molecule has 2 aromatic rings. The Labute approximate surface area is 183 Å². The number of nitrogens with one attached hydrogen (secondary N) is 1. The molecule has 0 spiro atoms.